The van der Waals surface area contributed by atoms with E-state index in [0.717, 1.165) is 12.1 Å². The van der Waals surface area contributed by atoms with Gasteiger partial charge in [-0.25, -0.2) is 0 Å². The topological polar surface area (TPSA) is 25.8 Å². The molecule has 0 unspecified atom stereocenters. The minimum absolute atomic E-state index is 1.13. The lowest BCUT2D eigenvalue weighted by atomic mass is 9.89. The van der Waals surface area contributed by atoms with Crippen LogP contribution in [0.15, 0.2) is 97.3 Å². The van der Waals surface area contributed by atoms with E-state index >= 15 is 0 Å². The Balaban J connectivity index is 1.89. The van der Waals surface area contributed by atoms with Crippen LogP contribution in [0.5, 0.6) is 0 Å². The predicted molar refractivity (Wildman–Crippen MR) is 188 cm³/mol. The van der Waals surface area contributed by atoms with Gasteiger partial charge in [0.1, 0.15) is 24.2 Å². The largest absolute Gasteiger partial charge is 0.266 e. The molecule has 0 bridgehead atoms. The SMILES string of the molecule is CC[Si]1(CC)C(c2ccc([Si](C)(C)C)nc2)=C(c2ccccc2)C(c2ccccc2)=C1c1ccc([Si](C)(C)C)nc1. The molecular weight excluding hydrogens is 545 g/mol. The summed E-state index contributed by atoms with van der Waals surface area (Å²) >= 11 is 0. The van der Waals surface area contributed by atoms with Crippen LogP contribution in [0, 0.1) is 0 Å². The van der Waals surface area contributed by atoms with Crippen LogP contribution in [-0.2, 0) is 0 Å². The molecule has 0 saturated carbocycles. The first kappa shape index (κ1) is 29.4. The maximum atomic E-state index is 5.11. The minimum Gasteiger partial charge on any atom is -0.266 e. The van der Waals surface area contributed by atoms with Gasteiger partial charge in [0, 0.05) is 23.0 Å². The average Bonchev–Trinajstić information content (AvgIpc) is 3.29. The lowest BCUT2D eigenvalue weighted by Gasteiger charge is -2.33. The Bertz CT molecular complexity index is 1450. The van der Waals surface area contributed by atoms with E-state index in [2.05, 4.69) is 150 Å². The second kappa shape index (κ2) is 11.3. The number of rotatable bonds is 8. The van der Waals surface area contributed by atoms with Gasteiger partial charge >= 0.3 is 0 Å². The second-order valence-electron chi connectivity index (χ2n) is 13.4. The first-order valence-electron chi connectivity index (χ1n) is 15.1. The van der Waals surface area contributed by atoms with Crippen LogP contribution in [0.2, 0.25) is 51.4 Å². The molecule has 0 N–H and O–H groups in total. The molecule has 0 spiro atoms. The fourth-order valence-corrected chi connectivity index (χ4v) is 13.5. The Kier molecular flexibility index (Phi) is 8.07. The summed E-state index contributed by atoms with van der Waals surface area (Å²) < 4.78 is 0. The van der Waals surface area contributed by atoms with Crippen LogP contribution in [0.3, 0.4) is 0 Å². The quantitative estimate of drug-likeness (QED) is 0.193. The average molecular weight is 589 g/mol. The van der Waals surface area contributed by atoms with Crippen molar-refractivity contribution in [3.8, 4) is 0 Å². The van der Waals surface area contributed by atoms with Gasteiger partial charge in [-0.2, -0.15) is 0 Å². The molecule has 210 valence electrons. The zero-order valence-corrected chi connectivity index (χ0v) is 29.0. The Morgan fingerprint density at radius 3 is 1.12 bits per heavy atom. The van der Waals surface area contributed by atoms with Gasteiger partial charge in [0.25, 0.3) is 0 Å². The Hall–Kier alpha value is -3.13. The standard InChI is InChI=1S/C36H44N2Si3/c1-9-41(10-2)35(29-21-23-31(37-25-29)39(3,4)5)33(27-17-13-11-14-18-27)34(28-19-15-12-16-20-28)36(41)30-22-24-32(38-26-30)40(6,7)8/h11-26H,9-10H2,1-8H3. The van der Waals surface area contributed by atoms with Crippen LogP contribution in [-0.4, -0.2) is 34.2 Å². The number of allylic oxidation sites excluding steroid dienone is 2. The summed E-state index contributed by atoms with van der Waals surface area (Å²) in [6.45, 7) is 19.1. The van der Waals surface area contributed by atoms with E-state index in [0.29, 0.717) is 0 Å². The molecule has 2 aromatic heterocycles. The van der Waals surface area contributed by atoms with Crippen molar-refractivity contribution in [3.63, 3.8) is 0 Å². The van der Waals surface area contributed by atoms with Gasteiger partial charge < -0.3 is 0 Å². The fraction of sp³-hybridized carbons (Fsp3) is 0.278. The molecule has 0 radical (unpaired) electrons. The summed E-state index contributed by atoms with van der Waals surface area (Å²) in [7, 11) is -5.26. The van der Waals surface area contributed by atoms with E-state index in [1.807, 2.05) is 0 Å². The summed E-state index contributed by atoms with van der Waals surface area (Å²) in [5.74, 6) is 0. The Morgan fingerprint density at radius 2 is 0.854 bits per heavy atom. The van der Waals surface area contributed by atoms with Crippen molar-refractivity contribution in [1.82, 2.24) is 9.97 Å². The van der Waals surface area contributed by atoms with Crippen LogP contribution in [0.25, 0.3) is 21.5 Å². The third-order valence-corrected chi connectivity index (χ3v) is 17.8. The van der Waals surface area contributed by atoms with Gasteiger partial charge in [0.15, 0.2) is 0 Å². The number of hydrogen-bond acceptors (Lipinski definition) is 2. The third kappa shape index (κ3) is 5.43. The summed E-state index contributed by atoms with van der Waals surface area (Å²) in [5, 5.41) is 5.60. The van der Waals surface area contributed by atoms with Gasteiger partial charge in [0.05, 0.1) is 0 Å². The van der Waals surface area contributed by atoms with Gasteiger partial charge in [-0.3, -0.25) is 9.97 Å². The van der Waals surface area contributed by atoms with Crippen LogP contribution < -0.4 is 10.6 Å². The molecule has 0 aliphatic carbocycles. The van der Waals surface area contributed by atoms with Gasteiger partial charge in [-0.1, -0.05) is 138 Å². The van der Waals surface area contributed by atoms with Crippen molar-refractivity contribution < 1.29 is 0 Å². The minimum atomic E-state index is -2.24. The molecular formula is C36H44N2Si3. The van der Waals surface area contributed by atoms with Crippen LogP contribution in [0.1, 0.15) is 36.1 Å². The molecule has 0 fully saturated rings. The van der Waals surface area contributed by atoms with Crippen molar-refractivity contribution in [2.24, 2.45) is 0 Å². The fourth-order valence-electron chi connectivity index (χ4n) is 6.41. The van der Waals surface area contributed by atoms with Crippen molar-refractivity contribution in [2.75, 3.05) is 0 Å². The normalized spacial score (nSPS) is 15.5. The molecule has 0 saturated heterocycles. The smallest absolute Gasteiger partial charge is 0.121 e. The first-order valence-corrected chi connectivity index (χ1v) is 24.5. The number of nitrogens with zero attached hydrogens (tertiary/aromatic N) is 2. The highest BCUT2D eigenvalue weighted by atomic mass is 28.3. The van der Waals surface area contributed by atoms with E-state index in [9.17, 15) is 0 Å². The van der Waals surface area contributed by atoms with Crippen LogP contribution in [0.4, 0.5) is 0 Å². The zero-order valence-electron chi connectivity index (χ0n) is 26.0. The molecule has 3 heterocycles. The first-order chi connectivity index (χ1) is 19.5. The number of aromatic nitrogens is 2. The third-order valence-electron chi connectivity index (χ3n) is 8.68. The van der Waals surface area contributed by atoms with Crippen molar-refractivity contribution in [2.45, 2.75) is 65.2 Å². The molecule has 2 nitrogen and oxygen atoms in total. The molecule has 1 aliphatic heterocycles. The Labute approximate surface area is 250 Å². The molecule has 2 aromatic carbocycles. The highest BCUT2D eigenvalue weighted by Crippen LogP contribution is 2.57. The predicted octanol–water partition coefficient (Wildman–Crippen LogP) is 8.67. The van der Waals surface area contributed by atoms with E-state index < -0.39 is 24.2 Å². The molecule has 0 atom stereocenters. The van der Waals surface area contributed by atoms with Crippen molar-refractivity contribution in [1.29, 1.82) is 0 Å². The molecule has 5 rings (SSSR count). The molecule has 5 heteroatoms. The molecule has 4 aromatic rings. The van der Waals surface area contributed by atoms with Crippen molar-refractivity contribution in [3.05, 3.63) is 120 Å². The lowest BCUT2D eigenvalue weighted by Crippen LogP contribution is -2.40. The van der Waals surface area contributed by atoms with Crippen molar-refractivity contribution >= 4 is 56.4 Å². The highest BCUT2D eigenvalue weighted by Gasteiger charge is 2.48. The monoisotopic (exact) mass is 588 g/mol. The van der Waals surface area contributed by atoms with Gasteiger partial charge in [-0.15, -0.1) is 0 Å². The summed E-state index contributed by atoms with van der Waals surface area (Å²) in [5.41, 5.74) is 7.93. The van der Waals surface area contributed by atoms with E-state index in [1.54, 1.807) is 0 Å². The zero-order chi connectivity index (χ0) is 29.4. The summed E-state index contributed by atoms with van der Waals surface area (Å²) in [6, 6.07) is 33.8. The molecule has 1 aliphatic rings. The van der Waals surface area contributed by atoms with Gasteiger partial charge in [-0.05, 0) is 55.9 Å². The summed E-state index contributed by atoms with van der Waals surface area (Å²) in [6.07, 6.45) is 4.38. The van der Waals surface area contributed by atoms with E-state index in [4.69, 9.17) is 9.97 Å². The maximum Gasteiger partial charge on any atom is 0.121 e. The summed E-state index contributed by atoms with van der Waals surface area (Å²) in [4.78, 5) is 10.2. The molecule has 0 amide bonds. The van der Waals surface area contributed by atoms with E-state index in [1.165, 1.54) is 54.4 Å². The van der Waals surface area contributed by atoms with E-state index in [-0.39, 0.29) is 0 Å². The maximum absolute atomic E-state index is 5.11. The van der Waals surface area contributed by atoms with Gasteiger partial charge in [0.2, 0.25) is 0 Å². The van der Waals surface area contributed by atoms with Crippen LogP contribution >= 0.6 is 0 Å². The lowest BCUT2D eigenvalue weighted by molar-refractivity contribution is 1.28. The Morgan fingerprint density at radius 1 is 0.488 bits per heavy atom. The molecule has 41 heavy (non-hydrogen) atoms. The highest BCUT2D eigenvalue weighted by molar-refractivity contribution is 7.14. The number of hydrogen-bond donors (Lipinski definition) is 0. The number of benzene rings is 2. The number of pyridine rings is 2. The second-order valence-corrected chi connectivity index (χ2v) is 28.0.